The zero-order chi connectivity index (χ0) is 12.4. The van der Waals surface area contributed by atoms with Crippen molar-refractivity contribution in [3.8, 4) is 17.2 Å². The van der Waals surface area contributed by atoms with Crippen molar-refractivity contribution in [2.24, 2.45) is 5.73 Å². The third-order valence-electron chi connectivity index (χ3n) is 2.44. The Morgan fingerprint density at radius 3 is 3.00 bits per heavy atom. The highest BCUT2D eigenvalue weighted by molar-refractivity contribution is 6.00. The molecule has 1 aromatic carbocycles. The predicted octanol–water partition coefficient (Wildman–Crippen LogP) is 1.09. The minimum absolute atomic E-state index is 0.0369. The van der Waals surface area contributed by atoms with Crippen LogP contribution in [-0.4, -0.2) is 26.2 Å². The number of ether oxygens (including phenoxy) is 3. The van der Waals surface area contributed by atoms with Gasteiger partial charge >= 0.3 is 0 Å². The Morgan fingerprint density at radius 1 is 1.59 bits per heavy atom. The fourth-order valence-electron chi connectivity index (χ4n) is 1.65. The van der Waals surface area contributed by atoms with E-state index in [1.165, 1.54) is 13.2 Å². The minimum atomic E-state index is -0.741. The van der Waals surface area contributed by atoms with Crippen LogP contribution in [0.1, 0.15) is 16.8 Å². The molecule has 1 aliphatic rings. The number of nitrogens with two attached hydrogens (primary N) is 1. The summed E-state index contributed by atoms with van der Waals surface area (Å²) in [4.78, 5) is 11.8. The SMILES string of the molecule is COc1cc2c(c(C(=O)CCN)c1F)OCO2. The monoisotopic (exact) mass is 241 g/mol. The van der Waals surface area contributed by atoms with Gasteiger partial charge in [-0.3, -0.25) is 4.79 Å². The van der Waals surface area contributed by atoms with Gasteiger partial charge in [-0.25, -0.2) is 4.39 Å². The molecule has 0 aromatic heterocycles. The van der Waals surface area contributed by atoms with Gasteiger partial charge in [0.2, 0.25) is 6.79 Å². The number of hydrogen-bond acceptors (Lipinski definition) is 5. The first-order chi connectivity index (χ1) is 8.19. The van der Waals surface area contributed by atoms with Gasteiger partial charge in [-0.15, -0.1) is 0 Å². The van der Waals surface area contributed by atoms with Crippen molar-refractivity contribution in [2.75, 3.05) is 20.4 Å². The molecule has 0 unspecified atom stereocenters. The number of methoxy groups -OCH3 is 1. The molecule has 0 saturated heterocycles. The molecular weight excluding hydrogens is 229 g/mol. The zero-order valence-electron chi connectivity index (χ0n) is 9.29. The lowest BCUT2D eigenvalue weighted by Gasteiger charge is -2.09. The number of benzene rings is 1. The molecule has 0 fully saturated rings. The molecule has 17 heavy (non-hydrogen) atoms. The van der Waals surface area contributed by atoms with E-state index in [1.807, 2.05) is 0 Å². The van der Waals surface area contributed by atoms with Gasteiger partial charge in [0.1, 0.15) is 5.56 Å². The van der Waals surface area contributed by atoms with Gasteiger partial charge in [-0.05, 0) is 6.54 Å². The summed E-state index contributed by atoms with van der Waals surface area (Å²) in [5.41, 5.74) is 5.14. The Bertz CT molecular complexity index is 461. The third kappa shape index (κ3) is 1.91. The molecule has 2 rings (SSSR count). The molecule has 0 amide bonds. The number of hydrogen-bond donors (Lipinski definition) is 1. The van der Waals surface area contributed by atoms with Crippen LogP contribution < -0.4 is 19.9 Å². The van der Waals surface area contributed by atoms with E-state index >= 15 is 0 Å². The Hall–Kier alpha value is -1.82. The number of carbonyl (C=O) groups excluding carboxylic acids is 1. The molecule has 2 N–H and O–H groups in total. The molecule has 6 heteroatoms. The maximum atomic E-state index is 14.0. The number of carbonyl (C=O) groups is 1. The first kappa shape index (κ1) is 11.7. The molecule has 1 aliphatic heterocycles. The van der Waals surface area contributed by atoms with E-state index in [0.717, 1.165) is 0 Å². The fraction of sp³-hybridized carbons (Fsp3) is 0.364. The van der Waals surface area contributed by atoms with E-state index < -0.39 is 11.6 Å². The molecule has 0 saturated carbocycles. The van der Waals surface area contributed by atoms with Crippen molar-refractivity contribution >= 4 is 5.78 Å². The van der Waals surface area contributed by atoms with E-state index in [2.05, 4.69) is 0 Å². The van der Waals surface area contributed by atoms with Crippen LogP contribution in [0.2, 0.25) is 0 Å². The Morgan fingerprint density at radius 2 is 2.35 bits per heavy atom. The van der Waals surface area contributed by atoms with Gasteiger partial charge < -0.3 is 19.9 Å². The second-order valence-electron chi connectivity index (χ2n) is 3.46. The zero-order valence-corrected chi connectivity index (χ0v) is 9.29. The summed E-state index contributed by atoms with van der Waals surface area (Å²) in [5, 5.41) is 0. The number of Topliss-reactive ketones (excluding diaryl/α,β-unsaturated/α-hetero) is 1. The topological polar surface area (TPSA) is 70.8 Å². The van der Waals surface area contributed by atoms with Gasteiger partial charge in [0.15, 0.2) is 28.8 Å². The van der Waals surface area contributed by atoms with Crippen molar-refractivity contribution in [1.82, 2.24) is 0 Å². The molecule has 1 aromatic rings. The third-order valence-corrected chi connectivity index (χ3v) is 2.44. The average molecular weight is 241 g/mol. The van der Waals surface area contributed by atoms with Crippen molar-refractivity contribution in [3.63, 3.8) is 0 Å². The van der Waals surface area contributed by atoms with Crippen LogP contribution in [0.5, 0.6) is 17.2 Å². The number of fused-ring (bicyclic) bond motifs is 1. The molecule has 0 radical (unpaired) electrons. The van der Waals surface area contributed by atoms with Gasteiger partial charge in [0, 0.05) is 12.5 Å². The summed E-state index contributed by atoms with van der Waals surface area (Å²) in [6.07, 6.45) is 0.0416. The van der Waals surface area contributed by atoms with Crippen LogP contribution in [0.15, 0.2) is 6.07 Å². The predicted molar refractivity (Wildman–Crippen MR) is 57.1 cm³/mol. The molecular formula is C11H12FNO4. The summed E-state index contributed by atoms with van der Waals surface area (Å²) in [6.45, 7) is 0.107. The lowest BCUT2D eigenvalue weighted by Crippen LogP contribution is -2.11. The van der Waals surface area contributed by atoms with Gasteiger partial charge in [-0.1, -0.05) is 0 Å². The first-order valence-electron chi connectivity index (χ1n) is 5.08. The van der Waals surface area contributed by atoms with Crippen molar-refractivity contribution in [3.05, 3.63) is 17.4 Å². The highest BCUT2D eigenvalue weighted by atomic mass is 19.1. The highest BCUT2D eigenvalue weighted by Crippen LogP contribution is 2.42. The minimum Gasteiger partial charge on any atom is -0.494 e. The van der Waals surface area contributed by atoms with Crippen LogP contribution in [0.3, 0.4) is 0 Å². The van der Waals surface area contributed by atoms with Crippen molar-refractivity contribution < 1.29 is 23.4 Å². The molecule has 1 heterocycles. The first-order valence-corrected chi connectivity index (χ1v) is 5.08. The van der Waals surface area contributed by atoms with Gasteiger partial charge in [-0.2, -0.15) is 0 Å². The van der Waals surface area contributed by atoms with E-state index in [4.69, 9.17) is 19.9 Å². The quantitative estimate of drug-likeness (QED) is 0.799. The lowest BCUT2D eigenvalue weighted by molar-refractivity contribution is 0.0976. The van der Waals surface area contributed by atoms with E-state index in [-0.39, 0.29) is 36.8 Å². The molecule has 0 spiro atoms. The highest BCUT2D eigenvalue weighted by Gasteiger charge is 2.28. The number of ketones is 1. The van der Waals surface area contributed by atoms with Gasteiger partial charge in [0.25, 0.3) is 0 Å². The van der Waals surface area contributed by atoms with Crippen LogP contribution >= 0.6 is 0 Å². The Labute approximate surface area is 97.3 Å². The maximum Gasteiger partial charge on any atom is 0.231 e. The maximum absolute atomic E-state index is 14.0. The van der Waals surface area contributed by atoms with Gasteiger partial charge in [0.05, 0.1) is 7.11 Å². The van der Waals surface area contributed by atoms with Crippen molar-refractivity contribution in [1.29, 1.82) is 0 Å². The molecule has 0 atom stereocenters. The summed E-state index contributed by atoms with van der Waals surface area (Å²) in [5.74, 6) is -0.777. The standard InChI is InChI=1S/C11H12FNO4/c1-15-7-4-8-11(17-5-16-8)9(10(7)12)6(14)2-3-13/h4H,2-3,5,13H2,1H3. The second-order valence-corrected chi connectivity index (χ2v) is 3.46. The van der Waals surface area contributed by atoms with E-state index in [9.17, 15) is 9.18 Å². The normalized spacial score (nSPS) is 12.6. The number of rotatable bonds is 4. The summed E-state index contributed by atoms with van der Waals surface area (Å²) in [6, 6.07) is 1.36. The molecule has 5 nitrogen and oxygen atoms in total. The Balaban J connectivity index is 2.55. The Kier molecular flexibility index (Phi) is 3.14. The largest absolute Gasteiger partial charge is 0.494 e. The smallest absolute Gasteiger partial charge is 0.231 e. The second kappa shape index (κ2) is 4.58. The van der Waals surface area contributed by atoms with E-state index in [0.29, 0.717) is 5.75 Å². The molecule has 0 aliphatic carbocycles. The number of halogens is 1. The van der Waals surface area contributed by atoms with Crippen LogP contribution in [-0.2, 0) is 0 Å². The van der Waals surface area contributed by atoms with Crippen molar-refractivity contribution in [2.45, 2.75) is 6.42 Å². The van der Waals surface area contributed by atoms with E-state index in [1.54, 1.807) is 0 Å². The van der Waals surface area contributed by atoms with Crippen LogP contribution in [0.25, 0.3) is 0 Å². The summed E-state index contributed by atoms with van der Waals surface area (Å²) >= 11 is 0. The lowest BCUT2D eigenvalue weighted by atomic mass is 10.1. The fourth-order valence-corrected chi connectivity index (χ4v) is 1.65. The summed E-state index contributed by atoms with van der Waals surface area (Å²) in [7, 11) is 1.32. The molecule has 0 bridgehead atoms. The molecule has 92 valence electrons. The average Bonchev–Trinajstić information content (AvgIpc) is 2.75. The van der Waals surface area contributed by atoms with Crippen LogP contribution in [0.4, 0.5) is 4.39 Å². The van der Waals surface area contributed by atoms with Crippen LogP contribution in [0, 0.1) is 5.82 Å². The summed E-state index contributed by atoms with van der Waals surface area (Å²) < 4.78 is 29.0.